The molecule has 0 heterocycles. The predicted molar refractivity (Wildman–Crippen MR) is 89.3 cm³/mol. The number of nitrogens with zero attached hydrogens (tertiary/aromatic N) is 1. The maximum Gasteiger partial charge on any atom is 0.243 e. The van der Waals surface area contributed by atoms with Gasteiger partial charge in [0.1, 0.15) is 11.6 Å². The zero-order chi connectivity index (χ0) is 18.4. The first-order valence-electron chi connectivity index (χ1n) is 7.52. The summed E-state index contributed by atoms with van der Waals surface area (Å²) in [6.07, 6.45) is 0.298. The number of likely N-dealkylation sites (N-methyl/N-ethyl adjacent to an activating group) is 1. The standard InChI is InChI=1S/C17H18F2N2O3S/c1-21(25(23,24)15-8-6-14(18)7-9-15)12-17(22)20-11-10-13-4-2-3-5-16(13)19/h2-9H,10-12H2,1H3,(H,20,22). The molecule has 0 saturated heterocycles. The van der Waals surface area contributed by atoms with Crippen LogP contribution in [0.1, 0.15) is 5.56 Å². The smallest absolute Gasteiger partial charge is 0.243 e. The number of hydrogen-bond donors (Lipinski definition) is 1. The monoisotopic (exact) mass is 368 g/mol. The van der Waals surface area contributed by atoms with Crippen molar-refractivity contribution in [3.8, 4) is 0 Å². The molecule has 0 unspecified atom stereocenters. The molecule has 1 N–H and O–H groups in total. The Morgan fingerprint density at radius 2 is 1.72 bits per heavy atom. The van der Waals surface area contributed by atoms with Gasteiger partial charge < -0.3 is 5.32 Å². The van der Waals surface area contributed by atoms with E-state index in [1.807, 2.05) is 0 Å². The van der Waals surface area contributed by atoms with E-state index in [1.54, 1.807) is 18.2 Å². The number of rotatable bonds is 7. The lowest BCUT2D eigenvalue weighted by Crippen LogP contribution is -2.39. The number of benzene rings is 2. The molecule has 0 spiro atoms. The van der Waals surface area contributed by atoms with Crippen LogP contribution in [0, 0.1) is 11.6 Å². The quantitative estimate of drug-likeness (QED) is 0.812. The maximum atomic E-state index is 13.5. The van der Waals surface area contributed by atoms with E-state index >= 15 is 0 Å². The third-order valence-corrected chi connectivity index (χ3v) is 5.38. The molecule has 0 aliphatic heterocycles. The minimum Gasteiger partial charge on any atom is -0.355 e. The van der Waals surface area contributed by atoms with Crippen molar-refractivity contribution >= 4 is 15.9 Å². The summed E-state index contributed by atoms with van der Waals surface area (Å²) in [5.74, 6) is -1.41. The molecule has 8 heteroatoms. The zero-order valence-electron chi connectivity index (χ0n) is 13.6. The molecule has 0 bridgehead atoms. The molecule has 25 heavy (non-hydrogen) atoms. The second-order valence-electron chi connectivity index (χ2n) is 5.41. The van der Waals surface area contributed by atoms with E-state index in [1.165, 1.54) is 13.1 Å². The van der Waals surface area contributed by atoms with Crippen molar-refractivity contribution < 1.29 is 22.0 Å². The Morgan fingerprint density at radius 3 is 2.36 bits per heavy atom. The van der Waals surface area contributed by atoms with E-state index in [-0.39, 0.29) is 17.3 Å². The van der Waals surface area contributed by atoms with Gasteiger partial charge in [-0.2, -0.15) is 4.31 Å². The summed E-state index contributed by atoms with van der Waals surface area (Å²) >= 11 is 0. The van der Waals surface area contributed by atoms with Crippen LogP contribution < -0.4 is 5.32 Å². The lowest BCUT2D eigenvalue weighted by Gasteiger charge is -2.17. The van der Waals surface area contributed by atoms with Gasteiger partial charge in [0.25, 0.3) is 0 Å². The third-order valence-electron chi connectivity index (χ3n) is 3.56. The SMILES string of the molecule is CN(CC(=O)NCCc1ccccc1F)S(=O)(=O)c1ccc(F)cc1. The highest BCUT2D eigenvalue weighted by Crippen LogP contribution is 2.14. The van der Waals surface area contributed by atoms with E-state index in [4.69, 9.17) is 0 Å². The van der Waals surface area contributed by atoms with Crippen molar-refractivity contribution in [1.29, 1.82) is 0 Å². The average Bonchev–Trinajstić information content (AvgIpc) is 2.57. The predicted octanol–water partition coefficient (Wildman–Crippen LogP) is 1.94. The number of carbonyl (C=O) groups is 1. The van der Waals surface area contributed by atoms with Gasteiger partial charge in [0.2, 0.25) is 15.9 Å². The van der Waals surface area contributed by atoms with E-state index in [2.05, 4.69) is 5.32 Å². The molecule has 2 aromatic rings. The van der Waals surface area contributed by atoms with Gasteiger partial charge in [-0.25, -0.2) is 17.2 Å². The minimum absolute atomic E-state index is 0.101. The van der Waals surface area contributed by atoms with E-state index in [0.717, 1.165) is 28.6 Å². The molecule has 0 saturated carbocycles. The van der Waals surface area contributed by atoms with Gasteiger partial charge in [-0.05, 0) is 42.3 Å². The minimum atomic E-state index is -3.89. The molecule has 5 nitrogen and oxygen atoms in total. The number of carbonyl (C=O) groups excluding carboxylic acids is 1. The van der Waals surface area contributed by atoms with Gasteiger partial charge >= 0.3 is 0 Å². The molecule has 1 amide bonds. The fraction of sp³-hybridized carbons (Fsp3) is 0.235. The lowest BCUT2D eigenvalue weighted by atomic mass is 10.1. The van der Waals surface area contributed by atoms with Crippen LogP contribution in [0.25, 0.3) is 0 Å². The highest BCUT2D eigenvalue weighted by molar-refractivity contribution is 7.89. The second-order valence-corrected chi connectivity index (χ2v) is 7.45. The first kappa shape index (κ1) is 19.0. The second kappa shape index (κ2) is 8.17. The van der Waals surface area contributed by atoms with Crippen molar-refractivity contribution in [3.05, 3.63) is 65.7 Å². The van der Waals surface area contributed by atoms with Gasteiger partial charge in [-0.15, -0.1) is 0 Å². The van der Waals surface area contributed by atoms with Crippen molar-refractivity contribution in [2.24, 2.45) is 0 Å². The molecule has 0 aliphatic carbocycles. The summed E-state index contributed by atoms with van der Waals surface area (Å²) in [4.78, 5) is 11.8. The van der Waals surface area contributed by atoms with Gasteiger partial charge in [-0.1, -0.05) is 18.2 Å². The Balaban J connectivity index is 1.89. The first-order valence-corrected chi connectivity index (χ1v) is 8.97. The van der Waals surface area contributed by atoms with Gasteiger partial charge in [0.05, 0.1) is 11.4 Å². The molecule has 0 aliphatic rings. The molecule has 134 valence electrons. The van der Waals surface area contributed by atoms with Crippen LogP contribution in [0.5, 0.6) is 0 Å². The van der Waals surface area contributed by atoms with E-state index in [0.29, 0.717) is 12.0 Å². The van der Waals surface area contributed by atoms with Crippen LogP contribution in [0.15, 0.2) is 53.4 Å². The molecule has 0 atom stereocenters. The Labute approximate surface area is 145 Å². The molecular weight excluding hydrogens is 350 g/mol. The number of amides is 1. The van der Waals surface area contributed by atoms with Gasteiger partial charge in [0.15, 0.2) is 0 Å². The normalized spacial score (nSPS) is 11.5. The van der Waals surface area contributed by atoms with Crippen LogP contribution in [-0.4, -0.2) is 38.8 Å². The Hall–Kier alpha value is -2.32. The number of halogens is 2. The van der Waals surface area contributed by atoms with E-state index in [9.17, 15) is 22.0 Å². The van der Waals surface area contributed by atoms with Crippen molar-refractivity contribution in [3.63, 3.8) is 0 Å². The molecular formula is C17H18F2N2O3S. The Morgan fingerprint density at radius 1 is 1.08 bits per heavy atom. The van der Waals surface area contributed by atoms with Crippen LogP contribution in [-0.2, 0) is 21.2 Å². The molecule has 0 radical (unpaired) electrons. The van der Waals surface area contributed by atoms with Crippen LogP contribution in [0.4, 0.5) is 8.78 Å². The molecule has 0 fully saturated rings. The van der Waals surface area contributed by atoms with Crippen molar-refractivity contribution in [2.45, 2.75) is 11.3 Å². The molecule has 2 aromatic carbocycles. The largest absolute Gasteiger partial charge is 0.355 e. The molecule has 2 rings (SSSR count). The highest BCUT2D eigenvalue weighted by Gasteiger charge is 2.22. The maximum absolute atomic E-state index is 13.5. The Bertz CT molecular complexity index is 839. The summed E-state index contributed by atoms with van der Waals surface area (Å²) in [5.41, 5.74) is 0.468. The average molecular weight is 368 g/mol. The summed E-state index contributed by atoms with van der Waals surface area (Å²) < 4.78 is 51.8. The number of nitrogens with one attached hydrogen (secondary N) is 1. The first-order chi connectivity index (χ1) is 11.8. The summed E-state index contributed by atoms with van der Waals surface area (Å²) in [6.45, 7) is -0.207. The van der Waals surface area contributed by atoms with Crippen molar-refractivity contribution in [2.75, 3.05) is 20.1 Å². The van der Waals surface area contributed by atoms with Crippen LogP contribution in [0.2, 0.25) is 0 Å². The Kier molecular flexibility index (Phi) is 6.22. The number of sulfonamides is 1. The topological polar surface area (TPSA) is 66.5 Å². The van der Waals surface area contributed by atoms with Crippen molar-refractivity contribution in [1.82, 2.24) is 9.62 Å². The fourth-order valence-electron chi connectivity index (χ4n) is 2.17. The third kappa shape index (κ3) is 5.07. The van der Waals surface area contributed by atoms with Crippen LogP contribution >= 0.6 is 0 Å². The van der Waals surface area contributed by atoms with Gasteiger partial charge in [0, 0.05) is 13.6 Å². The molecule has 0 aromatic heterocycles. The summed E-state index contributed by atoms with van der Waals surface area (Å²) in [5, 5.41) is 2.55. The lowest BCUT2D eigenvalue weighted by molar-refractivity contribution is -0.121. The zero-order valence-corrected chi connectivity index (χ0v) is 14.4. The summed E-state index contributed by atoms with van der Waals surface area (Å²) in [7, 11) is -2.63. The van der Waals surface area contributed by atoms with Gasteiger partial charge in [-0.3, -0.25) is 4.79 Å². The van der Waals surface area contributed by atoms with Crippen LogP contribution in [0.3, 0.4) is 0 Å². The fourth-order valence-corrected chi connectivity index (χ4v) is 3.29. The highest BCUT2D eigenvalue weighted by atomic mass is 32.2. The number of hydrogen-bond acceptors (Lipinski definition) is 3. The summed E-state index contributed by atoms with van der Waals surface area (Å²) in [6, 6.07) is 10.6. The van der Waals surface area contributed by atoms with E-state index < -0.39 is 28.3 Å².